The van der Waals surface area contributed by atoms with Gasteiger partial charge in [0.1, 0.15) is 17.4 Å². The van der Waals surface area contributed by atoms with E-state index in [1.165, 1.54) is 0 Å². The molecular formula is C14H14N4O. The third-order valence-electron chi connectivity index (χ3n) is 2.95. The summed E-state index contributed by atoms with van der Waals surface area (Å²) in [7, 11) is 3.87. The van der Waals surface area contributed by atoms with E-state index in [4.69, 9.17) is 0 Å². The zero-order valence-electron chi connectivity index (χ0n) is 10.8. The van der Waals surface area contributed by atoms with Crippen molar-refractivity contribution in [1.29, 1.82) is 0 Å². The number of nitrogens with zero attached hydrogens (tertiary/aromatic N) is 3. The standard InChI is InChI=1S/C14H14N4O/c1-18(2)12-8-7-10-14(16-12)17-13(15-10)9-5-3-4-6-11(9)19/h3-8,19H,1-2H3,(H,15,16,17). The predicted molar refractivity (Wildman–Crippen MR) is 75.3 cm³/mol. The number of phenolic OH excluding ortho intramolecular Hbond substituents is 1. The molecule has 0 unspecified atom stereocenters. The number of nitrogens with one attached hydrogen (secondary N) is 1. The summed E-state index contributed by atoms with van der Waals surface area (Å²) < 4.78 is 0. The fourth-order valence-corrected chi connectivity index (χ4v) is 1.93. The molecule has 0 saturated carbocycles. The molecule has 0 aliphatic carbocycles. The zero-order chi connectivity index (χ0) is 13.4. The number of aromatic nitrogens is 3. The van der Waals surface area contributed by atoms with Crippen molar-refractivity contribution in [2.45, 2.75) is 0 Å². The summed E-state index contributed by atoms with van der Waals surface area (Å²) in [6.45, 7) is 0. The first-order chi connectivity index (χ1) is 9.15. The maximum absolute atomic E-state index is 9.84. The molecule has 5 heteroatoms. The highest BCUT2D eigenvalue weighted by Gasteiger charge is 2.10. The lowest BCUT2D eigenvalue weighted by molar-refractivity contribution is 0.477. The van der Waals surface area contributed by atoms with Crippen molar-refractivity contribution in [2.24, 2.45) is 0 Å². The predicted octanol–water partition coefficient (Wildman–Crippen LogP) is 2.40. The molecule has 3 aromatic rings. The molecule has 1 aromatic carbocycles. The Hall–Kier alpha value is -2.56. The number of para-hydroxylation sites is 1. The van der Waals surface area contributed by atoms with Crippen LogP contribution in [-0.2, 0) is 0 Å². The summed E-state index contributed by atoms with van der Waals surface area (Å²) >= 11 is 0. The highest BCUT2D eigenvalue weighted by atomic mass is 16.3. The number of aromatic amines is 1. The first-order valence-corrected chi connectivity index (χ1v) is 5.97. The van der Waals surface area contributed by atoms with Crippen molar-refractivity contribution in [3.63, 3.8) is 0 Å². The Morgan fingerprint density at radius 3 is 2.58 bits per heavy atom. The van der Waals surface area contributed by atoms with E-state index in [0.717, 1.165) is 11.3 Å². The molecule has 96 valence electrons. The average Bonchev–Trinajstić information content (AvgIpc) is 2.81. The van der Waals surface area contributed by atoms with Gasteiger partial charge in [0.2, 0.25) is 0 Å². The van der Waals surface area contributed by atoms with Gasteiger partial charge in [0.05, 0.1) is 11.1 Å². The third-order valence-corrected chi connectivity index (χ3v) is 2.95. The van der Waals surface area contributed by atoms with Gasteiger partial charge in [-0.15, -0.1) is 0 Å². The molecule has 0 saturated heterocycles. The fourth-order valence-electron chi connectivity index (χ4n) is 1.93. The molecule has 0 aliphatic rings. The van der Waals surface area contributed by atoms with Crippen molar-refractivity contribution in [3.8, 4) is 17.1 Å². The van der Waals surface area contributed by atoms with Crippen molar-refractivity contribution >= 4 is 17.0 Å². The number of aromatic hydroxyl groups is 1. The van der Waals surface area contributed by atoms with Crippen molar-refractivity contribution in [3.05, 3.63) is 36.4 Å². The lowest BCUT2D eigenvalue weighted by atomic mass is 10.2. The maximum Gasteiger partial charge on any atom is 0.180 e. The molecule has 2 aromatic heterocycles. The van der Waals surface area contributed by atoms with Crippen LogP contribution in [0.3, 0.4) is 0 Å². The van der Waals surface area contributed by atoms with Crippen LogP contribution in [0.2, 0.25) is 0 Å². The van der Waals surface area contributed by atoms with E-state index in [-0.39, 0.29) is 5.75 Å². The van der Waals surface area contributed by atoms with E-state index < -0.39 is 0 Å². The summed E-state index contributed by atoms with van der Waals surface area (Å²) in [4.78, 5) is 14.0. The first kappa shape index (κ1) is 11.5. The number of hydrogen-bond donors (Lipinski definition) is 2. The number of benzene rings is 1. The molecule has 0 radical (unpaired) electrons. The van der Waals surface area contributed by atoms with Gasteiger partial charge in [-0.1, -0.05) is 12.1 Å². The molecule has 2 N–H and O–H groups in total. The number of rotatable bonds is 2. The van der Waals surface area contributed by atoms with Crippen LogP contribution in [0.15, 0.2) is 36.4 Å². The number of pyridine rings is 1. The number of anilines is 1. The molecule has 5 nitrogen and oxygen atoms in total. The Kier molecular flexibility index (Phi) is 2.59. The van der Waals surface area contributed by atoms with Gasteiger partial charge in [0.15, 0.2) is 5.65 Å². The zero-order valence-corrected chi connectivity index (χ0v) is 10.8. The molecule has 0 spiro atoms. The quantitative estimate of drug-likeness (QED) is 0.737. The molecule has 0 aliphatic heterocycles. The Bertz CT molecular complexity index is 733. The van der Waals surface area contributed by atoms with Gasteiger partial charge < -0.3 is 15.0 Å². The molecule has 0 fully saturated rings. The molecule has 19 heavy (non-hydrogen) atoms. The minimum absolute atomic E-state index is 0.203. The largest absolute Gasteiger partial charge is 0.507 e. The number of H-pyrrole nitrogens is 1. The van der Waals surface area contributed by atoms with Crippen LogP contribution >= 0.6 is 0 Å². The van der Waals surface area contributed by atoms with E-state index >= 15 is 0 Å². The Labute approximate surface area is 110 Å². The van der Waals surface area contributed by atoms with Gasteiger partial charge in [-0.3, -0.25) is 0 Å². The molecule has 0 atom stereocenters. The highest BCUT2D eigenvalue weighted by molar-refractivity contribution is 5.79. The van der Waals surface area contributed by atoms with Gasteiger partial charge in [0, 0.05) is 14.1 Å². The van der Waals surface area contributed by atoms with Crippen LogP contribution in [0.5, 0.6) is 5.75 Å². The second-order valence-electron chi connectivity index (χ2n) is 4.54. The van der Waals surface area contributed by atoms with E-state index in [0.29, 0.717) is 17.0 Å². The van der Waals surface area contributed by atoms with Crippen LogP contribution in [0.1, 0.15) is 0 Å². The second kappa shape index (κ2) is 4.28. The third kappa shape index (κ3) is 1.99. The first-order valence-electron chi connectivity index (χ1n) is 5.97. The maximum atomic E-state index is 9.84. The van der Waals surface area contributed by atoms with Gasteiger partial charge in [0.25, 0.3) is 0 Å². The van der Waals surface area contributed by atoms with Gasteiger partial charge in [-0.2, -0.15) is 0 Å². The fraction of sp³-hybridized carbons (Fsp3) is 0.143. The van der Waals surface area contributed by atoms with E-state index in [9.17, 15) is 5.11 Å². The van der Waals surface area contributed by atoms with Gasteiger partial charge in [-0.25, -0.2) is 9.97 Å². The molecular weight excluding hydrogens is 240 g/mol. The van der Waals surface area contributed by atoms with Gasteiger partial charge in [-0.05, 0) is 24.3 Å². The second-order valence-corrected chi connectivity index (χ2v) is 4.54. The lowest BCUT2D eigenvalue weighted by Gasteiger charge is -2.09. The van der Waals surface area contributed by atoms with E-state index in [1.807, 2.05) is 43.3 Å². The Balaban J connectivity index is 2.14. The number of phenols is 1. The topological polar surface area (TPSA) is 65.0 Å². The average molecular weight is 254 g/mol. The lowest BCUT2D eigenvalue weighted by Crippen LogP contribution is -2.10. The van der Waals surface area contributed by atoms with Crippen molar-refractivity contribution in [1.82, 2.24) is 15.0 Å². The number of hydrogen-bond acceptors (Lipinski definition) is 4. The van der Waals surface area contributed by atoms with Crippen molar-refractivity contribution < 1.29 is 5.11 Å². The van der Waals surface area contributed by atoms with Crippen LogP contribution < -0.4 is 4.90 Å². The normalized spacial score (nSPS) is 10.8. The molecule has 0 amide bonds. The highest BCUT2D eigenvalue weighted by Crippen LogP contribution is 2.28. The molecule has 3 rings (SSSR count). The summed E-state index contributed by atoms with van der Waals surface area (Å²) in [5.74, 6) is 1.67. The van der Waals surface area contributed by atoms with E-state index in [1.54, 1.807) is 12.1 Å². The Morgan fingerprint density at radius 2 is 1.84 bits per heavy atom. The smallest absolute Gasteiger partial charge is 0.180 e. The van der Waals surface area contributed by atoms with Gasteiger partial charge >= 0.3 is 0 Å². The van der Waals surface area contributed by atoms with Crippen molar-refractivity contribution in [2.75, 3.05) is 19.0 Å². The van der Waals surface area contributed by atoms with Crippen LogP contribution in [0, 0.1) is 0 Å². The summed E-state index contributed by atoms with van der Waals surface area (Å²) in [6.07, 6.45) is 0. The minimum Gasteiger partial charge on any atom is -0.507 e. The molecule has 0 bridgehead atoms. The monoisotopic (exact) mass is 254 g/mol. The minimum atomic E-state index is 0.203. The number of imidazole rings is 1. The summed E-state index contributed by atoms with van der Waals surface area (Å²) in [5.41, 5.74) is 2.17. The van der Waals surface area contributed by atoms with Crippen LogP contribution in [0.4, 0.5) is 5.82 Å². The Morgan fingerprint density at radius 1 is 1.05 bits per heavy atom. The number of fused-ring (bicyclic) bond motifs is 1. The molecule has 2 heterocycles. The van der Waals surface area contributed by atoms with E-state index in [2.05, 4.69) is 15.0 Å². The SMILES string of the molecule is CN(C)c1ccc2[nH]c(-c3ccccc3O)nc2n1. The van der Waals surface area contributed by atoms with Crippen LogP contribution in [0.25, 0.3) is 22.6 Å². The van der Waals surface area contributed by atoms with Crippen LogP contribution in [-0.4, -0.2) is 34.2 Å². The summed E-state index contributed by atoms with van der Waals surface area (Å²) in [6, 6.07) is 11.0. The summed E-state index contributed by atoms with van der Waals surface area (Å²) in [5, 5.41) is 9.84.